The van der Waals surface area contributed by atoms with E-state index in [-0.39, 0.29) is 79.3 Å². The molecule has 0 saturated carbocycles. The molecule has 145 heavy (non-hydrogen) atoms. The van der Waals surface area contributed by atoms with Gasteiger partial charge in [-0.1, -0.05) is 282 Å². The average Bonchev–Trinajstić information content (AvgIpc) is 1.52. The van der Waals surface area contributed by atoms with Crippen LogP contribution in [-0.2, 0) is 73.4 Å². The van der Waals surface area contributed by atoms with Gasteiger partial charge in [-0.2, -0.15) is 0 Å². The molecule has 3 aliphatic rings. The zero-order valence-corrected chi connectivity index (χ0v) is 80.4. The van der Waals surface area contributed by atoms with E-state index in [2.05, 4.69) is 319 Å². The summed E-state index contributed by atoms with van der Waals surface area (Å²) < 4.78 is 66.3. The molecule has 0 unspecified atom stereocenters. The van der Waals surface area contributed by atoms with E-state index < -0.39 is 52.1 Å². The molecule has 0 N–H and O–H groups in total. The summed E-state index contributed by atoms with van der Waals surface area (Å²) in [6.07, 6.45) is 6.83. The van der Waals surface area contributed by atoms with Gasteiger partial charge in [0.25, 0.3) is 0 Å². The molecule has 0 aliphatic heterocycles. The third kappa shape index (κ3) is 19.7. The van der Waals surface area contributed by atoms with Gasteiger partial charge in [0, 0.05) is 36.5 Å². The number of fused-ring (bicyclic) bond motifs is 16. The predicted molar refractivity (Wildman–Crippen MR) is 568 cm³/mol. The Hall–Kier alpha value is -17.9. The highest BCUT2D eigenvalue weighted by atomic mass is 16.6. The predicted octanol–water partition coefficient (Wildman–Crippen LogP) is 25.2. The Morgan fingerprint density at radius 3 is 0.883 bits per heavy atom. The molecule has 0 bridgehead atoms. The molecule has 0 atom stereocenters. The first kappa shape index (κ1) is 97.3. The number of hydrogen-bond acceptors (Lipinski definition) is 18. The minimum absolute atomic E-state index is 0.126. The van der Waals surface area contributed by atoms with E-state index >= 15 is 0 Å². The minimum Gasteiger partial charge on any atom is -0.490 e. The molecular formula is C127H104O18. The molecule has 0 saturated heterocycles. The second-order valence-corrected chi connectivity index (χ2v) is 34.8. The van der Waals surface area contributed by atoms with Crippen molar-refractivity contribution in [2.75, 3.05) is 79.3 Å². The molecule has 0 spiro atoms. The Morgan fingerprint density at radius 2 is 0.503 bits per heavy atom. The summed E-state index contributed by atoms with van der Waals surface area (Å²) >= 11 is 0. The van der Waals surface area contributed by atoms with Crippen molar-refractivity contribution in [1.82, 2.24) is 0 Å². The lowest BCUT2D eigenvalue weighted by molar-refractivity contribution is -0.139. The molecule has 0 radical (unpaired) electrons. The van der Waals surface area contributed by atoms with Crippen LogP contribution >= 0.6 is 0 Å². The molecule has 20 rings (SSSR count). The first-order chi connectivity index (χ1) is 70.9. The van der Waals surface area contributed by atoms with E-state index in [1.54, 1.807) is 0 Å². The second kappa shape index (κ2) is 43.9. The summed E-state index contributed by atoms with van der Waals surface area (Å²) in [5.74, 6) is 1.26. The third-order valence-electron chi connectivity index (χ3n) is 26.6. The van der Waals surface area contributed by atoms with Crippen molar-refractivity contribution in [2.45, 2.75) is 30.1 Å². The topological polar surface area (TPSA) is 213 Å². The number of benzene rings is 17. The molecule has 17 aromatic carbocycles. The highest BCUT2D eigenvalue weighted by Gasteiger charge is 2.51. The lowest BCUT2D eigenvalue weighted by Crippen LogP contribution is -2.29. The average molecular weight is 1920 g/mol. The van der Waals surface area contributed by atoms with Crippen molar-refractivity contribution in [3.05, 3.63) is 494 Å². The van der Waals surface area contributed by atoms with Gasteiger partial charge in [0.2, 0.25) is 0 Å². The highest BCUT2D eigenvalue weighted by molar-refractivity contribution is 6.08. The first-order valence-corrected chi connectivity index (χ1v) is 47.8. The van der Waals surface area contributed by atoms with Crippen LogP contribution in [-0.4, -0.2) is 115 Å². The van der Waals surface area contributed by atoms with Gasteiger partial charge in [-0.3, -0.25) is 0 Å². The van der Waals surface area contributed by atoms with E-state index in [1.165, 1.54) is 104 Å². The Morgan fingerprint density at radius 1 is 0.221 bits per heavy atom. The summed E-state index contributed by atoms with van der Waals surface area (Å²) in [6, 6.07) is 119. The number of aryl methyl sites for hydroxylation is 2. The van der Waals surface area contributed by atoms with Crippen LogP contribution < -0.4 is 28.4 Å². The van der Waals surface area contributed by atoms with Gasteiger partial charge >= 0.3 is 35.8 Å². The summed E-state index contributed by atoms with van der Waals surface area (Å²) in [4.78, 5) is 68.7. The van der Waals surface area contributed by atoms with Gasteiger partial charge in [0.1, 0.15) is 114 Å². The molecule has 720 valence electrons. The summed E-state index contributed by atoms with van der Waals surface area (Å²) in [7, 11) is 0. The standard InChI is InChI=1S/2C43H34O6.C41H36O6/c1-3-40(44)48-25-23-46-34-18-14-32(15-19-34)43(33-16-20-35(21-17-33)47-24-26-49-41(45)4-2)38-22-13-29-9-7-8-12-36(29)42(38)37-27-30-10-5-6-11-31(30)28-39(37)43;1-3-40(44)48-25-23-46-34-18-14-32(15-19-34)43(33-16-20-35(21-17-33)47-24-26-49-41(45)4-2)39-28-31-11-6-5-10-30(31)27-38(39)37-22-13-29-9-7-8-12-36(29)42(37)43;1-5-39(42)46-21-19-44-37-17-15-31(23-27(37)3)41(32-16-18-38(28(4)24-32)45-20-22-47-40(43)6-2)35-14-10-9-13-33(35)34-25-29-11-7-8-12-30(29)26-36(34)41/h2*3-22,27-28H,1-2,23-26H2;5-18,23-26H,1-2,19-22H2,3-4H3. The van der Waals surface area contributed by atoms with Gasteiger partial charge in [-0.05, 0) is 276 Å². The van der Waals surface area contributed by atoms with Crippen molar-refractivity contribution in [3.8, 4) is 67.9 Å². The summed E-state index contributed by atoms with van der Waals surface area (Å²) in [6.45, 7) is 26.8. The third-order valence-corrected chi connectivity index (χ3v) is 26.6. The largest absolute Gasteiger partial charge is 0.490 e. The van der Waals surface area contributed by atoms with Crippen molar-refractivity contribution in [3.63, 3.8) is 0 Å². The maximum Gasteiger partial charge on any atom is 0.330 e. The SMILES string of the molecule is C=CC(=O)OCCOc1ccc(C2(c3ccc(OCCOC(=O)C=C)c(C)c3)c3ccccc3-c3cc4ccccc4cc32)cc1C.C=CC(=O)OCCOc1ccc(C2(c3ccc(OCCOC(=O)C=C)cc3)c3cc4ccccc4cc3-c3c2ccc2ccccc32)cc1.C=CC(=O)OCCOc1ccc(C2(c3ccc(OCCOC(=O)C=C)cc3)c3cc4ccccc4cc3-c3ccc4ccccc4c32)cc1. The van der Waals surface area contributed by atoms with Gasteiger partial charge in [-0.15, -0.1) is 0 Å². The molecule has 0 amide bonds. The highest BCUT2D eigenvalue weighted by Crippen LogP contribution is 2.63. The molecule has 0 heterocycles. The van der Waals surface area contributed by atoms with E-state index in [1.807, 2.05) is 74.5 Å². The fourth-order valence-electron chi connectivity index (χ4n) is 20.3. The zero-order chi connectivity index (χ0) is 101. The Labute approximate surface area is 840 Å². The molecule has 0 fully saturated rings. The summed E-state index contributed by atoms with van der Waals surface area (Å²) in [5.41, 5.74) is 20.8. The van der Waals surface area contributed by atoms with Crippen LogP contribution in [0.2, 0.25) is 0 Å². The lowest BCUT2D eigenvalue weighted by atomic mass is 9.66. The van der Waals surface area contributed by atoms with Gasteiger partial charge in [-0.25, -0.2) is 28.8 Å². The van der Waals surface area contributed by atoms with Crippen LogP contribution in [0.4, 0.5) is 0 Å². The molecule has 18 nitrogen and oxygen atoms in total. The van der Waals surface area contributed by atoms with Crippen LogP contribution in [0.25, 0.3) is 87.2 Å². The Balaban J connectivity index is 0.000000143. The van der Waals surface area contributed by atoms with E-state index in [0.29, 0.717) is 23.0 Å². The molecule has 0 aromatic heterocycles. The van der Waals surface area contributed by atoms with Crippen LogP contribution in [0, 0.1) is 13.8 Å². The smallest absolute Gasteiger partial charge is 0.330 e. The van der Waals surface area contributed by atoms with Crippen molar-refractivity contribution in [2.24, 2.45) is 0 Å². The van der Waals surface area contributed by atoms with Crippen molar-refractivity contribution < 1.29 is 85.6 Å². The number of carbonyl (C=O) groups is 6. The number of esters is 6. The molecule has 18 heteroatoms. The maximum atomic E-state index is 11.5. The van der Waals surface area contributed by atoms with Crippen molar-refractivity contribution >= 4 is 89.7 Å². The summed E-state index contributed by atoms with van der Waals surface area (Å²) in [5, 5.41) is 11.7. The maximum absolute atomic E-state index is 11.5. The molecule has 3 aliphatic carbocycles. The van der Waals surface area contributed by atoms with Crippen LogP contribution in [0.5, 0.6) is 34.5 Å². The Bertz CT molecular complexity index is 7640. The number of ether oxygens (including phenoxy) is 12. The normalized spacial score (nSPS) is 12.5. The quantitative estimate of drug-likeness (QED) is 0.0154. The monoisotopic (exact) mass is 1920 g/mol. The lowest BCUT2D eigenvalue weighted by Gasteiger charge is -2.35. The van der Waals surface area contributed by atoms with E-state index in [0.717, 1.165) is 109 Å². The second-order valence-electron chi connectivity index (χ2n) is 34.8. The number of rotatable bonds is 36. The van der Waals surface area contributed by atoms with E-state index in [9.17, 15) is 28.8 Å². The first-order valence-electron chi connectivity index (χ1n) is 47.8. The molecular weight excluding hydrogens is 1810 g/mol. The number of hydrogen-bond donors (Lipinski definition) is 0. The Kier molecular flexibility index (Phi) is 29.4. The fraction of sp³-hybridized carbons (Fsp3) is 0.134. The fourth-order valence-corrected chi connectivity index (χ4v) is 20.3. The number of carbonyl (C=O) groups excluding carboxylic acids is 6. The van der Waals surface area contributed by atoms with Crippen LogP contribution in [0.3, 0.4) is 0 Å². The zero-order valence-electron chi connectivity index (χ0n) is 80.4. The minimum atomic E-state index is -0.689. The van der Waals surface area contributed by atoms with Gasteiger partial charge in [0.05, 0.1) is 16.2 Å². The van der Waals surface area contributed by atoms with E-state index in [4.69, 9.17) is 56.8 Å². The van der Waals surface area contributed by atoms with Gasteiger partial charge in [0.15, 0.2) is 0 Å². The van der Waals surface area contributed by atoms with Crippen LogP contribution in [0.1, 0.15) is 77.9 Å². The van der Waals surface area contributed by atoms with Crippen molar-refractivity contribution in [1.29, 1.82) is 0 Å². The van der Waals surface area contributed by atoms with Gasteiger partial charge < -0.3 is 56.8 Å². The molecule has 17 aromatic rings. The van der Waals surface area contributed by atoms with Crippen LogP contribution in [0.15, 0.2) is 416 Å².